The van der Waals surface area contributed by atoms with Crippen LogP contribution in [0.15, 0.2) is 152 Å². The Morgan fingerprint density at radius 1 is 0.366 bits per heavy atom. The lowest BCUT2D eigenvalue weighted by Gasteiger charge is -2.14. The van der Waals surface area contributed by atoms with Crippen molar-refractivity contribution in [3.63, 3.8) is 0 Å². The quantitative estimate of drug-likeness (QED) is 0.215. The molecule has 0 aliphatic carbocycles. The summed E-state index contributed by atoms with van der Waals surface area (Å²) in [6.45, 7) is 0. The highest BCUT2D eigenvalue weighted by Crippen LogP contribution is 2.37. The van der Waals surface area contributed by atoms with Gasteiger partial charge in [-0.05, 0) is 51.2 Å². The number of hydrogen-bond donors (Lipinski definition) is 0. The van der Waals surface area contributed by atoms with E-state index in [-0.39, 0.29) is 0 Å². The summed E-state index contributed by atoms with van der Waals surface area (Å²) in [6, 6.07) is 52.2. The summed E-state index contributed by atoms with van der Waals surface area (Å²) in [5.74, 6) is 0.716. The van der Waals surface area contributed by atoms with Crippen LogP contribution in [0.5, 0.6) is 0 Å². The average molecular weight is 545 g/mol. The topological polar surface area (TPSA) is 25.8 Å². The third-order valence-electron chi connectivity index (χ3n) is 7.40. The van der Waals surface area contributed by atoms with E-state index in [1.54, 1.807) is 0 Å². The maximum absolute atomic E-state index is 6.09. The van der Waals surface area contributed by atoms with Crippen molar-refractivity contribution in [2.24, 2.45) is 0 Å². The minimum atomic E-state index is 0.716. The lowest BCUT2D eigenvalue weighted by atomic mass is 9.92. The molecule has 0 bridgehead atoms. The van der Waals surface area contributed by atoms with Crippen molar-refractivity contribution in [3.8, 4) is 56.2 Å². The predicted molar refractivity (Wildman–Crippen MR) is 172 cm³/mol. The fourth-order valence-corrected chi connectivity index (χ4v) is 5.44. The maximum Gasteiger partial charge on any atom is 0.160 e. The van der Waals surface area contributed by atoms with Crippen molar-refractivity contribution in [2.45, 2.75) is 0 Å². The molecule has 0 unspecified atom stereocenters. The van der Waals surface area contributed by atoms with Gasteiger partial charge in [-0.15, -0.1) is 0 Å². The molecule has 7 aromatic rings. The first-order chi connectivity index (χ1) is 20.2. The second-order valence-corrected chi connectivity index (χ2v) is 10.4. The molecule has 3 heteroatoms. The molecule has 0 aliphatic heterocycles. The van der Waals surface area contributed by atoms with Crippen molar-refractivity contribution in [1.29, 1.82) is 0 Å². The highest BCUT2D eigenvalue weighted by atomic mass is 35.5. The predicted octanol–water partition coefficient (Wildman–Crippen LogP) is 10.6. The fraction of sp³-hybridized carbons (Fsp3) is 0. The summed E-state index contributed by atoms with van der Waals surface area (Å²) in [7, 11) is 0. The van der Waals surface area contributed by atoms with Gasteiger partial charge in [-0.3, -0.25) is 0 Å². The van der Waals surface area contributed by atoms with Gasteiger partial charge in [-0.25, -0.2) is 9.97 Å². The number of fused-ring (bicyclic) bond motifs is 1. The van der Waals surface area contributed by atoms with E-state index < -0.39 is 0 Å². The van der Waals surface area contributed by atoms with Gasteiger partial charge in [0.05, 0.1) is 11.4 Å². The van der Waals surface area contributed by atoms with E-state index in [0.29, 0.717) is 5.82 Å². The van der Waals surface area contributed by atoms with Gasteiger partial charge in [0.15, 0.2) is 5.82 Å². The molecule has 6 aromatic carbocycles. The average Bonchev–Trinajstić information content (AvgIpc) is 3.05. The molecule has 194 valence electrons. The molecule has 0 fully saturated rings. The molecule has 0 amide bonds. The molecule has 0 atom stereocenters. The Hall–Kier alpha value is -5.05. The molecule has 0 spiro atoms. The van der Waals surface area contributed by atoms with Crippen LogP contribution in [0.1, 0.15) is 0 Å². The van der Waals surface area contributed by atoms with E-state index in [1.807, 2.05) is 48.5 Å². The van der Waals surface area contributed by atoms with Gasteiger partial charge in [0.2, 0.25) is 0 Å². The van der Waals surface area contributed by atoms with Crippen LogP contribution in [0.4, 0.5) is 0 Å². The standard InChI is InChI=1S/C38H25ClN2/c39-31-21-19-27(20-22-31)26-15-17-28(18-16-26)32-23-24-35(34-14-8-7-13-33(32)34)37-25-36(29-9-3-1-4-10-29)40-38(41-37)30-11-5-2-6-12-30/h1-25H. The van der Waals surface area contributed by atoms with Crippen LogP contribution >= 0.6 is 11.6 Å². The Bertz CT molecular complexity index is 1910. The zero-order valence-corrected chi connectivity index (χ0v) is 23.0. The van der Waals surface area contributed by atoms with Crippen LogP contribution in [0.3, 0.4) is 0 Å². The van der Waals surface area contributed by atoms with Crippen molar-refractivity contribution in [3.05, 3.63) is 157 Å². The first-order valence-electron chi connectivity index (χ1n) is 13.6. The van der Waals surface area contributed by atoms with Gasteiger partial charge in [-0.2, -0.15) is 0 Å². The zero-order valence-electron chi connectivity index (χ0n) is 22.2. The van der Waals surface area contributed by atoms with Gasteiger partial charge in [-0.1, -0.05) is 145 Å². The smallest absolute Gasteiger partial charge is 0.160 e. The molecule has 41 heavy (non-hydrogen) atoms. The number of nitrogens with zero attached hydrogens (tertiary/aromatic N) is 2. The summed E-state index contributed by atoms with van der Waals surface area (Å²) < 4.78 is 0. The summed E-state index contributed by atoms with van der Waals surface area (Å²) in [5, 5.41) is 3.08. The monoisotopic (exact) mass is 544 g/mol. The molecule has 1 heterocycles. The molecular formula is C38H25ClN2. The van der Waals surface area contributed by atoms with Crippen LogP contribution in [-0.2, 0) is 0 Å². The highest BCUT2D eigenvalue weighted by molar-refractivity contribution is 6.30. The maximum atomic E-state index is 6.09. The summed E-state index contributed by atoms with van der Waals surface area (Å²) >= 11 is 6.09. The van der Waals surface area contributed by atoms with Crippen molar-refractivity contribution in [2.75, 3.05) is 0 Å². The second kappa shape index (κ2) is 10.8. The molecule has 7 rings (SSSR count). The Morgan fingerprint density at radius 3 is 1.51 bits per heavy atom. The molecule has 2 nitrogen and oxygen atoms in total. The first-order valence-corrected chi connectivity index (χ1v) is 14.0. The van der Waals surface area contributed by atoms with Crippen LogP contribution in [0.25, 0.3) is 66.9 Å². The normalized spacial score (nSPS) is 11.0. The van der Waals surface area contributed by atoms with Gasteiger partial charge < -0.3 is 0 Å². The number of rotatable bonds is 5. The summed E-state index contributed by atoms with van der Waals surface area (Å²) in [4.78, 5) is 10.0. The molecule has 0 aliphatic rings. The van der Waals surface area contributed by atoms with Gasteiger partial charge in [0.25, 0.3) is 0 Å². The van der Waals surface area contributed by atoms with E-state index >= 15 is 0 Å². The molecule has 0 saturated carbocycles. The largest absolute Gasteiger partial charge is 0.228 e. The van der Waals surface area contributed by atoms with Crippen molar-refractivity contribution >= 4 is 22.4 Å². The first kappa shape index (κ1) is 25.0. The minimum Gasteiger partial charge on any atom is -0.228 e. The van der Waals surface area contributed by atoms with Crippen LogP contribution in [-0.4, -0.2) is 9.97 Å². The molecule has 0 N–H and O–H groups in total. The Balaban J connectivity index is 1.35. The van der Waals surface area contributed by atoms with Crippen LogP contribution < -0.4 is 0 Å². The van der Waals surface area contributed by atoms with Gasteiger partial charge in [0, 0.05) is 21.7 Å². The van der Waals surface area contributed by atoms with Crippen LogP contribution in [0, 0.1) is 0 Å². The Labute approximate surface area is 244 Å². The number of aromatic nitrogens is 2. The van der Waals surface area contributed by atoms with Crippen molar-refractivity contribution < 1.29 is 0 Å². The third kappa shape index (κ3) is 5.02. The van der Waals surface area contributed by atoms with E-state index in [9.17, 15) is 0 Å². The Kier molecular flexibility index (Phi) is 6.60. The summed E-state index contributed by atoms with van der Waals surface area (Å²) in [6.07, 6.45) is 0. The molecule has 1 aromatic heterocycles. The van der Waals surface area contributed by atoms with Crippen LogP contribution in [0.2, 0.25) is 5.02 Å². The SMILES string of the molecule is Clc1ccc(-c2ccc(-c3ccc(-c4cc(-c5ccccc5)nc(-c5ccccc5)n4)c4ccccc34)cc2)cc1. The third-order valence-corrected chi connectivity index (χ3v) is 7.65. The van der Waals surface area contributed by atoms with E-state index in [2.05, 4.69) is 103 Å². The highest BCUT2D eigenvalue weighted by Gasteiger charge is 2.14. The summed E-state index contributed by atoms with van der Waals surface area (Å²) in [5.41, 5.74) is 9.61. The zero-order chi connectivity index (χ0) is 27.6. The van der Waals surface area contributed by atoms with Gasteiger partial charge >= 0.3 is 0 Å². The molecular weight excluding hydrogens is 520 g/mol. The fourth-order valence-electron chi connectivity index (χ4n) is 5.32. The van der Waals surface area contributed by atoms with E-state index in [0.717, 1.165) is 49.6 Å². The lowest BCUT2D eigenvalue weighted by Crippen LogP contribution is -1.96. The Morgan fingerprint density at radius 2 is 0.854 bits per heavy atom. The number of hydrogen-bond acceptors (Lipinski definition) is 2. The van der Waals surface area contributed by atoms with Gasteiger partial charge in [0.1, 0.15) is 0 Å². The van der Waals surface area contributed by atoms with E-state index in [1.165, 1.54) is 16.5 Å². The minimum absolute atomic E-state index is 0.716. The number of halogens is 1. The second-order valence-electron chi connectivity index (χ2n) is 9.98. The van der Waals surface area contributed by atoms with E-state index in [4.69, 9.17) is 21.6 Å². The molecule has 0 radical (unpaired) electrons. The molecule has 0 saturated heterocycles. The number of benzene rings is 6. The van der Waals surface area contributed by atoms with Crippen molar-refractivity contribution in [1.82, 2.24) is 9.97 Å². The lowest BCUT2D eigenvalue weighted by molar-refractivity contribution is 1.18.